The van der Waals surface area contributed by atoms with Gasteiger partial charge in [0.15, 0.2) is 0 Å². The molecule has 1 heteroatoms. The molecule has 0 aromatic heterocycles. The van der Waals surface area contributed by atoms with Crippen molar-refractivity contribution >= 4 is 0 Å². The Hall–Kier alpha value is -0.820. The topological polar surface area (TPSA) is 9.23 Å². The third-order valence-corrected chi connectivity index (χ3v) is 2.27. The second-order valence-corrected chi connectivity index (χ2v) is 4.38. The van der Waals surface area contributed by atoms with Gasteiger partial charge in [0.05, 0.1) is 0 Å². The molecule has 0 atom stereocenters. The van der Waals surface area contributed by atoms with Crippen molar-refractivity contribution < 1.29 is 4.74 Å². The van der Waals surface area contributed by atoms with E-state index in [2.05, 4.69) is 56.7 Å². The van der Waals surface area contributed by atoms with E-state index < -0.39 is 0 Å². The van der Waals surface area contributed by atoms with Crippen molar-refractivity contribution in [2.75, 3.05) is 14.2 Å². The predicted octanol–water partition coefficient (Wildman–Crippen LogP) is 4.20. The van der Waals surface area contributed by atoms with Crippen molar-refractivity contribution in [3.8, 4) is 0 Å². The highest BCUT2D eigenvalue weighted by Crippen LogP contribution is 2.18. The zero-order valence-corrected chi connectivity index (χ0v) is 10.9. The van der Waals surface area contributed by atoms with E-state index in [1.54, 1.807) is 14.2 Å². The van der Waals surface area contributed by atoms with Crippen LogP contribution in [-0.4, -0.2) is 14.2 Å². The molecule has 0 saturated heterocycles. The molecule has 0 N–H and O–H groups in total. The number of methoxy groups -OCH3 is 1. The lowest BCUT2D eigenvalue weighted by molar-refractivity contribution is 0.277. The number of ether oxygens (including phenoxy) is 1. The summed E-state index contributed by atoms with van der Waals surface area (Å²) in [6.07, 6.45) is 0. The molecule has 0 aliphatic rings. The van der Waals surface area contributed by atoms with E-state index in [1.807, 2.05) is 0 Å². The summed E-state index contributed by atoms with van der Waals surface area (Å²) in [5, 5.41) is 0. The van der Waals surface area contributed by atoms with Crippen LogP contribution in [0.2, 0.25) is 0 Å². The molecule has 0 bridgehead atoms. The molecule has 0 amide bonds. The first kappa shape index (κ1) is 14.2. The average Bonchev–Trinajstić information content (AvgIpc) is 2.19. The molecule has 0 aliphatic carbocycles. The van der Waals surface area contributed by atoms with Gasteiger partial charge in [-0.25, -0.2) is 0 Å². The van der Waals surface area contributed by atoms with Crippen LogP contribution >= 0.6 is 0 Å². The number of rotatable bonds is 2. The van der Waals surface area contributed by atoms with E-state index in [9.17, 15) is 0 Å². The molecule has 0 radical (unpaired) electrons. The second-order valence-electron chi connectivity index (χ2n) is 4.38. The molecular formula is C14H24O. The van der Waals surface area contributed by atoms with Crippen molar-refractivity contribution in [3.63, 3.8) is 0 Å². The van der Waals surface area contributed by atoms with Crippen LogP contribution in [0.25, 0.3) is 0 Å². The van der Waals surface area contributed by atoms with Crippen LogP contribution in [0, 0.1) is 0 Å². The average molecular weight is 208 g/mol. The highest BCUT2D eigenvalue weighted by atomic mass is 16.4. The van der Waals surface area contributed by atoms with Gasteiger partial charge in [-0.15, -0.1) is 0 Å². The van der Waals surface area contributed by atoms with Gasteiger partial charge in [-0.2, -0.15) is 0 Å². The summed E-state index contributed by atoms with van der Waals surface area (Å²) >= 11 is 0. The normalized spacial score (nSPS) is 10.1. The third kappa shape index (κ3) is 5.58. The van der Waals surface area contributed by atoms with Crippen molar-refractivity contribution in [1.29, 1.82) is 0 Å². The van der Waals surface area contributed by atoms with E-state index in [0.717, 1.165) is 0 Å². The number of benzene rings is 1. The van der Waals surface area contributed by atoms with Crippen LogP contribution in [-0.2, 0) is 4.74 Å². The molecular weight excluding hydrogens is 184 g/mol. The minimum absolute atomic E-state index is 0.645. The van der Waals surface area contributed by atoms with Gasteiger partial charge in [0, 0.05) is 14.2 Å². The first-order valence-electron chi connectivity index (χ1n) is 5.52. The Morgan fingerprint density at radius 2 is 0.933 bits per heavy atom. The molecule has 1 aromatic rings. The Kier molecular flexibility index (Phi) is 7.06. The maximum absolute atomic E-state index is 4.25. The lowest BCUT2D eigenvalue weighted by Crippen LogP contribution is -1.90. The molecule has 0 spiro atoms. The SMILES string of the molecule is CC(C)c1ccc(C(C)C)cc1.COC. The molecule has 0 saturated carbocycles. The fourth-order valence-corrected chi connectivity index (χ4v) is 1.27. The van der Waals surface area contributed by atoms with Gasteiger partial charge < -0.3 is 4.74 Å². The van der Waals surface area contributed by atoms with Crippen LogP contribution in [0.15, 0.2) is 24.3 Å². The molecule has 15 heavy (non-hydrogen) atoms. The molecule has 0 heterocycles. The van der Waals surface area contributed by atoms with Gasteiger partial charge in [-0.3, -0.25) is 0 Å². The maximum Gasteiger partial charge on any atom is 0.0351 e. The van der Waals surface area contributed by atoms with Crippen LogP contribution in [0.5, 0.6) is 0 Å². The van der Waals surface area contributed by atoms with Crippen molar-refractivity contribution in [2.45, 2.75) is 39.5 Å². The Morgan fingerprint density at radius 3 is 1.07 bits per heavy atom. The fraction of sp³-hybridized carbons (Fsp3) is 0.571. The Balaban J connectivity index is 0.000000583. The lowest BCUT2D eigenvalue weighted by atomic mass is 9.97. The monoisotopic (exact) mass is 208 g/mol. The third-order valence-electron chi connectivity index (χ3n) is 2.27. The number of hydrogen-bond donors (Lipinski definition) is 0. The molecule has 1 aromatic carbocycles. The Labute approximate surface area is 94.5 Å². The van der Waals surface area contributed by atoms with Gasteiger partial charge in [0.2, 0.25) is 0 Å². The molecule has 0 unspecified atom stereocenters. The summed E-state index contributed by atoms with van der Waals surface area (Å²) in [6.45, 7) is 8.91. The van der Waals surface area contributed by atoms with E-state index in [-0.39, 0.29) is 0 Å². The van der Waals surface area contributed by atoms with Gasteiger partial charge >= 0.3 is 0 Å². The standard InChI is InChI=1S/C12H18.C2H6O/c1-9(2)11-5-7-12(8-6-11)10(3)4;1-3-2/h5-10H,1-4H3;1-2H3. The fourth-order valence-electron chi connectivity index (χ4n) is 1.27. The van der Waals surface area contributed by atoms with E-state index >= 15 is 0 Å². The van der Waals surface area contributed by atoms with Gasteiger partial charge in [0.1, 0.15) is 0 Å². The van der Waals surface area contributed by atoms with Crippen molar-refractivity contribution in [2.24, 2.45) is 0 Å². The van der Waals surface area contributed by atoms with Crippen LogP contribution < -0.4 is 0 Å². The van der Waals surface area contributed by atoms with Crippen LogP contribution in [0.4, 0.5) is 0 Å². The minimum Gasteiger partial charge on any atom is -0.388 e. The summed E-state index contributed by atoms with van der Waals surface area (Å²) in [4.78, 5) is 0. The van der Waals surface area contributed by atoms with E-state index in [1.165, 1.54) is 11.1 Å². The summed E-state index contributed by atoms with van der Waals surface area (Å²) in [6, 6.07) is 8.94. The Morgan fingerprint density at radius 1 is 0.733 bits per heavy atom. The summed E-state index contributed by atoms with van der Waals surface area (Å²) < 4.78 is 4.25. The summed E-state index contributed by atoms with van der Waals surface area (Å²) in [5.41, 5.74) is 2.86. The highest BCUT2D eigenvalue weighted by molar-refractivity contribution is 5.26. The summed E-state index contributed by atoms with van der Waals surface area (Å²) in [7, 11) is 3.25. The molecule has 0 aliphatic heterocycles. The summed E-state index contributed by atoms with van der Waals surface area (Å²) in [5.74, 6) is 1.29. The van der Waals surface area contributed by atoms with E-state index in [0.29, 0.717) is 11.8 Å². The smallest absolute Gasteiger partial charge is 0.0351 e. The van der Waals surface area contributed by atoms with Gasteiger partial charge in [-0.1, -0.05) is 52.0 Å². The molecule has 0 fully saturated rings. The zero-order chi connectivity index (χ0) is 11.8. The van der Waals surface area contributed by atoms with Gasteiger partial charge in [-0.05, 0) is 23.0 Å². The molecule has 86 valence electrons. The van der Waals surface area contributed by atoms with Crippen molar-refractivity contribution in [1.82, 2.24) is 0 Å². The lowest BCUT2D eigenvalue weighted by Gasteiger charge is -2.08. The number of hydrogen-bond acceptors (Lipinski definition) is 1. The van der Waals surface area contributed by atoms with Gasteiger partial charge in [0.25, 0.3) is 0 Å². The highest BCUT2D eigenvalue weighted by Gasteiger charge is 2.00. The maximum atomic E-state index is 4.25. The second kappa shape index (κ2) is 7.47. The van der Waals surface area contributed by atoms with E-state index in [4.69, 9.17) is 0 Å². The predicted molar refractivity (Wildman–Crippen MR) is 67.6 cm³/mol. The zero-order valence-electron chi connectivity index (χ0n) is 10.9. The first-order chi connectivity index (χ1) is 7.02. The minimum atomic E-state index is 0.645. The van der Waals surface area contributed by atoms with Crippen LogP contribution in [0.3, 0.4) is 0 Å². The van der Waals surface area contributed by atoms with Crippen molar-refractivity contribution in [3.05, 3.63) is 35.4 Å². The molecule has 1 rings (SSSR count). The molecule has 1 nitrogen and oxygen atoms in total. The largest absolute Gasteiger partial charge is 0.388 e. The first-order valence-corrected chi connectivity index (χ1v) is 5.52. The quantitative estimate of drug-likeness (QED) is 0.708. The Bertz CT molecular complexity index is 220. The van der Waals surface area contributed by atoms with Crippen LogP contribution in [0.1, 0.15) is 50.7 Å².